The Hall–Kier alpha value is -2.88. The van der Waals surface area contributed by atoms with Crippen molar-refractivity contribution < 1.29 is 17.9 Å². The molecule has 33 heavy (non-hydrogen) atoms. The first-order valence-electron chi connectivity index (χ1n) is 11.1. The zero-order chi connectivity index (χ0) is 24.4. The van der Waals surface area contributed by atoms with E-state index in [1.54, 1.807) is 24.3 Å². The minimum absolute atomic E-state index is 0.0121. The van der Waals surface area contributed by atoms with Gasteiger partial charge in [0, 0.05) is 19.1 Å². The van der Waals surface area contributed by atoms with Crippen molar-refractivity contribution in [3.05, 3.63) is 36.0 Å². The normalized spacial score (nSPS) is 15.5. The van der Waals surface area contributed by atoms with Gasteiger partial charge in [-0.2, -0.15) is 4.98 Å². The van der Waals surface area contributed by atoms with Gasteiger partial charge in [-0.15, -0.1) is 0 Å². The monoisotopic (exact) mass is 475 g/mol. The number of nitrogens with two attached hydrogens (primary N) is 1. The molecule has 1 aliphatic rings. The third kappa shape index (κ3) is 6.13. The highest BCUT2D eigenvalue weighted by Crippen LogP contribution is 2.27. The van der Waals surface area contributed by atoms with Crippen LogP contribution in [-0.4, -0.2) is 49.2 Å². The van der Waals surface area contributed by atoms with Crippen LogP contribution in [0.3, 0.4) is 0 Å². The third-order valence-electron chi connectivity index (χ3n) is 5.42. The average Bonchev–Trinajstić information content (AvgIpc) is 2.72. The number of rotatable bonds is 5. The highest BCUT2D eigenvalue weighted by molar-refractivity contribution is 7.91. The van der Waals surface area contributed by atoms with Crippen molar-refractivity contribution in [1.82, 2.24) is 15.3 Å². The first-order chi connectivity index (χ1) is 15.4. The number of sulfone groups is 1. The molecule has 1 saturated heterocycles. The summed E-state index contributed by atoms with van der Waals surface area (Å²) < 4.78 is 31.4. The van der Waals surface area contributed by atoms with Crippen LogP contribution in [0.15, 0.2) is 40.3 Å². The lowest BCUT2D eigenvalue weighted by Gasteiger charge is -2.32. The van der Waals surface area contributed by atoms with Crippen molar-refractivity contribution in [2.24, 2.45) is 0 Å². The van der Waals surface area contributed by atoms with Gasteiger partial charge in [-0.1, -0.05) is 26.0 Å². The molecule has 2 heterocycles. The standard InChI is InChI=1S/C23H33N5O4S/c1-15(2)16-6-8-18(9-7-16)33(30,31)19-14-25-21(27-20(19)24)28-12-10-17(11-13-28)26-22(29)32-23(3,4)5/h6-9,14-15,17H,10-13H2,1-5H3,(H,26,29)(H2,24,25,27). The summed E-state index contributed by atoms with van der Waals surface area (Å²) in [5.41, 5.74) is 6.56. The van der Waals surface area contributed by atoms with E-state index >= 15 is 0 Å². The largest absolute Gasteiger partial charge is 0.444 e. The molecule has 0 spiro atoms. The van der Waals surface area contributed by atoms with Crippen LogP contribution in [0.5, 0.6) is 0 Å². The Bertz CT molecular complexity index is 1090. The average molecular weight is 476 g/mol. The number of carbonyl (C=O) groups is 1. The zero-order valence-corrected chi connectivity index (χ0v) is 20.6. The molecule has 0 radical (unpaired) electrons. The molecule has 10 heteroatoms. The molecule has 1 aromatic carbocycles. The molecule has 1 amide bonds. The number of alkyl carbamates (subject to hydrolysis) is 1. The number of nitrogen functional groups attached to an aromatic ring is 1. The number of anilines is 2. The van der Waals surface area contributed by atoms with Crippen LogP contribution in [0.1, 0.15) is 58.9 Å². The molecule has 0 unspecified atom stereocenters. The number of ether oxygens (including phenoxy) is 1. The number of nitrogens with one attached hydrogen (secondary N) is 1. The zero-order valence-electron chi connectivity index (χ0n) is 19.8. The number of aromatic nitrogens is 2. The molecule has 1 aliphatic heterocycles. The van der Waals surface area contributed by atoms with Crippen molar-refractivity contribution in [2.45, 2.75) is 74.8 Å². The number of hydrogen-bond acceptors (Lipinski definition) is 8. The fraction of sp³-hybridized carbons (Fsp3) is 0.522. The van der Waals surface area contributed by atoms with E-state index in [0.29, 0.717) is 37.8 Å². The number of amides is 1. The van der Waals surface area contributed by atoms with E-state index in [0.717, 1.165) is 5.56 Å². The second kappa shape index (κ2) is 9.54. The topological polar surface area (TPSA) is 128 Å². The van der Waals surface area contributed by atoms with Gasteiger partial charge < -0.3 is 20.7 Å². The lowest BCUT2D eigenvalue weighted by molar-refractivity contribution is 0.0497. The highest BCUT2D eigenvalue weighted by atomic mass is 32.2. The third-order valence-corrected chi connectivity index (χ3v) is 7.20. The second-order valence-electron chi connectivity index (χ2n) is 9.55. The van der Waals surface area contributed by atoms with Gasteiger partial charge in [0.15, 0.2) is 0 Å². The van der Waals surface area contributed by atoms with Crippen molar-refractivity contribution in [3.63, 3.8) is 0 Å². The van der Waals surface area contributed by atoms with Crippen LogP contribution >= 0.6 is 0 Å². The maximum Gasteiger partial charge on any atom is 0.407 e. The van der Waals surface area contributed by atoms with Crippen LogP contribution in [0.2, 0.25) is 0 Å². The molecule has 1 aromatic heterocycles. The summed E-state index contributed by atoms with van der Waals surface area (Å²) in [7, 11) is -3.83. The second-order valence-corrected chi connectivity index (χ2v) is 11.5. The minimum atomic E-state index is -3.83. The fourth-order valence-electron chi connectivity index (χ4n) is 3.59. The molecule has 1 fully saturated rings. The van der Waals surface area contributed by atoms with Crippen LogP contribution in [-0.2, 0) is 14.6 Å². The summed E-state index contributed by atoms with van der Waals surface area (Å²) in [5, 5.41) is 2.88. The van der Waals surface area contributed by atoms with Gasteiger partial charge in [-0.05, 0) is 57.2 Å². The predicted octanol–water partition coefficient (Wildman–Crippen LogP) is 3.51. The maximum atomic E-state index is 13.0. The molecule has 0 aliphatic carbocycles. The molecule has 3 rings (SSSR count). The molecule has 2 aromatic rings. The lowest BCUT2D eigenvalue weighted by Crippen LogP contribution is -2.46. The first-order valence-corrected chi connectivity index (χ1v) is 12.6. The summed E-state index contributed by atoms with van der Waals surface area (Å²) >= 11 is 0. The van der Waals surface area contributed by atoms with Gasteiger partial charge >= 0.3 is 6.09 Å². The fourth-order valence-corrected chi connectivity index (χ4v) is 4.85. The van der Waals surface area contributed by atoms with Gasteiger partial charge in [-0.25, -0.2) is 18.2 Å². The van der Waals surface area contributed by atoms with E-state index < -0.39 is 21.5 Å². The number of nitrogens with zero attached hydrogens (tertiary/aromatic N) is 3. The quantitative estimate of drug-likeness (QED) is 0.672. The van der Waals surface area contributed by atoms with Gasteiger partial charge in [-0.3, -0.25) is 0 Å². The molecule has 180 valence electrons. The molecule has 0 bridgehead atoms. The summed E-state index contributed by atoms with van der Waals surface area (Å²) in [6.07, 6.45) is 2.21. The highest BCUT2D eigenvalue weighted by Gasteiger charge is 2.27. The van der Waals surface area contributed by atoms with E-state index in [-0.39, 0.29) is 21.7 Å². The van der Waals surface area contributed by atoms with Gasteiger partial charge in [0.2, 0.25) is 15.8 Å². The van der Waals surface area contributed by atoms with Gasteiger partial charge in [0.1, 0.15) is 16.3 Å². The number of benzene rings is 1. The number of piperidine rings is 1. The Morgan fingerprint density at radius 2 is 1.79 bits per heavy atom. The van der Waals surface area contributed by atoms with Crippen LogP contribution < -0.4 is 16.0 Å². The molecule has 3 N–H and O–H groups in total. The predicted molar refractivity (Wildman–Crippen MR) is 127 cm³/mol. The summed E-state index contributed by atoms with van der Waals surface area (Å²) in [6.45, 7) is 10.8. The van der Waals surface area contributed by atoms with Crippen LogP contribution in [0.4, 0.5) is 16.6 Å². The molecule has 0 saturated carbocycles. The molecular formula is C23H33N5O4S. The molecule has 9 nitrogen and oxygen atoms in total. The minimum Gasteiger partial charge on any atom is -0.444 e. The summed E-state index contributed by atoms with van der Waals surface area (Å²) in [4.78, 5) is 22.5. The number of hydrogen-bond donors (Lipinski definition) is 2. The number of carbonyl (C=O) groups excluding carboxylic acids is 1. The van der Waals surface area contributed by atoms with E-state index in [9.17, 15) is 13.2 Å². The SMILES string of the molecule is CC(C)c1ccc(S(=O)(=O)c2cnc(N3CCC(NC(=O)OC(C)(C)C)CC3)nc2N)cc1. The van der Waals surface area contributed by atoms with Crippen LogP contribution in [0.25, 0.3) is 0 Å². The summed E-state index contributed by atoms with van der Waals surface area (Å²) in [6, 6.07) is 6.76. The van der Waals surface area contributed by atoms with Crippen molar-refractivity contribution >= 4 is 27.7 Å². The van der Waals surface area contributed by atoms with E-state index in [1.807, 2.05) is 39.5 Å². The van der Waals surface area contributed by atoms with E-state index in [1.165, 1.54) is 6.20 Å². The Morgan fingerprint density at radius 3 is 2.30 bits per heavy atom. The Balaban J connectivity index is 1.67. The summed E-state index contributed by atoms with van der Waals surface area (Å²) in [5.74, 6) is 0.595. The van der Waals surface area contributed by atoms with Gasteiger partial charge in [0.25, 0.3) is 0 Å². The Kier molecular flexibility index (Phi) is 7.16. The molecule has 0 atom stereocenters. The first kappa shape index (κ1) is 24.8. The van der Waals surface area contributed by atoms with Gasteiger partial charge in [0.05, 0.1) is 11.1 Å². The van der Waals surface area contributed by atoms with Crippen molar-refractivity contribution in [2.75, 3.05) is 23.7 Å². The van der Waals surface area contributed by atoms with Crippen molar-refractivity contribution in [1.29, 1.82) is 0 Å². The van der Waals surface area contributed by atoms with Crippen molar-refractivity contribution in [3.8, 4) is 0 Å². The van der Waals surface area contributed by atoms with E-state index in [2.05, 4.69) is 15.3 Å². The lowest BCUT2D eigenvalue weighted by atomic mass is 10.0. The van der Waals surface area contributed by atoms with E-state index in [4.69, 9.17) is 10.5 Å². The Morgan fingerprint density at radius 1 is 1.18 bits per heavy atom. The Labute approximate surface area is 195 Å². The smallest absolute Gasteiger partial charge is 0.407 e. The maximum absolute atomic E-state index is 13.0. The molecular weight excluding hydrogens is 442 g/mol. The van der Waals surface area contributed by atoms with Crippen LogP contribution in [0, 0.1) is 0 Å².